The SMILES string of the molecule is C1=C[C@H]2C[C@@H]1[C@H]1[C@@H]2[C@@H]2C[C@H]1N=N2. The van der Waals surface area contributed by atoms with E-state index in [1.165, 1.54) is 12.8 Å². The van der Waals surface area contributed by atoms with Gasteiger partial charge in [-0.1, -0.05) is 12.2 Å². The van der Waals surface area contributed by atoms with Crippen LogP contribution in [0.5, 0.6) is 0 Å². The second-order valence-corrected chi connectivity index (χ2v) is 4.70. The maximum Gasteiger partial charge on any atom is 0.0766 e. The quantitative estimate of drug-likeness (QED) is 0.382. The third kappa shape index (κ3) is 0.466. The number of allylic oxidation sites excluding steroid dienone is 2. The summed E-state index contributed by atoms with van der Waals surface area (Å²) in [7, 11) is 0. The molecule has 0 N–H and O–H groups in total. The smallest absolute Gasteiger partial charge is 0.0766 e. The van der Waals surface area contributed by atoms with Gasteiger partial charge in [0.25, 0.3) is 0 Å². The third-order valence-electron chi connectivity index (χ3n) is 4.32. The summed E-state index contributed by atoms with van der Waals surface area (Å²) in [6.07, 6.45) is 7.54. The van der Waals surface area contributed by atoms with Gasteiger partial charge in [-0.2, -0.15) is 10.2 Å². The topological polar surface area (TPSA) is 24.7 Å². The van der Waals surface area contributed by atoms with E-state index in [2.05, 4.69) is 22.4 Å². The largest absolute Gasteiger partial charge is 0.190 e. The molecule has 2 fully saturated rings. The van der Waals surface area contributed by atoms with Crippen molar-refractivity contribution >= 4 is 0 Å². The molecule has 0 aromatic rings. The Morgan fingerprint density at radius 2 is 1.42 bits per heavy atom. The molecule has 1 heterocycles. The van der Waals surface area contributed by atoms with Crippen LogP contribution in [0.1, 0.15) is 12.8 Å². The Labute approximate surface area is 71.8 Å². The molecule has 12 heavy (non-hydrogen) atoms. The highest BCUT2D eigenvalue weighted by molar-refractivity contribution is 5.22. The van der Waals surface area contributed by atoms with Crippen molar-refractivity contribution in [3.63, 3.8) is 0 Å². The lowest BCUT2D eigenvalue weighted by molar-refractivity contribution is 0.289. The van der Waals surface area contributed by atoms with Crippen LogP contribution in [0.4, 0.5) is 0 Å². The second kappa shape index (κ2) is 1.66. The molecule has 6 atom stereocenters. The third-order valence-corrected chi connectivity index (χ3v) is 4.32. The summed E-state index contributed by atoms with van der Waals surface area (Å²) in [5.74, 6) is 3.52. The van der Waals surface area contributed by atoms with E-state index in [0.29, 0.717) is 12.1 Å². The minimum absolute atomic E-state index is 0.611. The number of rotatable bonds is 0. The highest BCUT2D eigenvalue weighted by atomic mass is 15.2. The molecule has 0 amide bonds. The van der Waals surface area contributed by atoms with Gasteiger partial charge in [0.1, 0.15) is 0 Å². The van der Waals surface area contributed by atoms with Gasteiger partial charge < -0.3 is 0 Å². The Kier molecular flexibility index (Phi) is 0.814. The highest BCUT2D eigenvalue weighted by Gasteiger charge is 2.58. The number of azo groups is 1. The van der Waals surface area contributed by atoms with Gasteiger partial charge in [0.15, 0.2) is 0 Å². The zero-order chi connectivity index (χ0) is 7.71. The van der Waals surface area contributed by atoms with Crippen LogP contribution in [0.3, 0.4) is 0 Å². The number of fused-ring (bicyclic) bond motifs is 9. The van der Waals surface area contributed by atoms with Crippen molar-refractivity contribution in [2.24, 2.45) is 33.9 Å². The molecule has 3 aliphatic carbocycles. The van der Waals surface area contributed by atoms with Gasteiger partial charge in [0.05, 0.1) is 12.1 Å². The molecule has 0 spiro atoms. The molecule has 0 aromatic carbocycles. The van der Waals surface area contributed by atoms with Crippen molar-refractivity contribution in [2.75, 3.05) is 0 Å². The van der Waals surface area contributed by atoms with Crippen molar-refractivity contribution in [1.82, 2.24) is 0 Å². The molecule has 0 unspecified atom stereocenters. The average Bonchev–Trinajstić information content (AvgIpc) is 2.83. The standard InChI is InChI=1S/C10H12N2/c1-2-6-3-5(1)9-7-4-8(10(6)9)12-11-7/h1-2,5-10H,3-4H2/t5-,6+,7-,8+,9-,10+. The van der Waals surface area contributed by atoms with Gasteiger partial charge in [-0.15, -0.1) is 0 Å². The van der Waals surface area contributed by atoms with E-state index >= 15 is 0 Å². The summed E-state index contributed by atoms with van der Waals surface area (Å²) < 4.78 is 0. The Hall–Kier alpha value is -0.660. The second-order valence-electron chi connectivity index (χ2n) is 4.70. The van der Waals surface area contributed by atoms with E-state index in [0.717, 1.165) is 23.7 Å². The highest BCUT2D eigenvalue weighted by Crippen LogP contribution is 2.59. The Balaban J connectivity index is 1.86. The molecule has 2 heteroatoms. The van der Waals surface area contributed by atoms with Crippen LogP contribution in [0.25, 0.3) is 0 Å². The monoisotopic (exact) mass is 160 g/mol. The molecule has 62 valence electrons. The first kappa shape index (κ1) is 5.90. The van der Waals surface area contributed by atoms with E-state index in [1.807, 2.05) is 0 Å². The van der Waals surface area contributed by atoms with Gasteiger partial charge in [-0.3, -0.25) is 0 Å². The molecule has 4 aliphatic rings. The van der Waals surface area contributed by atoms with Crippen molar-refractivity contribution in [1.29, 1.82) is 0 Å². The van der Waals surface area contributed by atoms with Crippen molar-refractivity contribution in [3.05, 3.63) is 12.2 Å². The molecule has 0 saturated heterocycles. The van der Waals surface area contributed by atoms with Crippen LogP contribution in [-0.4, -0.2) is 12.1 Å². The molecule has 4 bridgehead atoms. The molecule has 2 nitrogen and oxygen atoms in total. The van der Waals surface area contributed by atoms with E-state index in [1.54, 1.807) is 0 Å². The molecule has 0 aromatic heterocycles. The van der Waals surface area contributed by atoms with Crippen LogP contribution in [0.15, 0.2) is 22.4 Å². The molecule has 1 aliphatic heterocycles. The first-order valence-corrected chi connectivity index (χ1v) is 5.02. The maximum atomic E-state index is 4.36. The van der Waals surface area contributed by atoms with Gasteiger partial charge in [0.2, 0.25) is 0 Å². The Morgan fingerprint density at radius 1 is 0.833 bits per heavy atom. The Morgan fingerprint density at radius 3 is 2.00 bits per heavy atom. The van der Waals surface area contributed by atoms with Crippen LogP contribution in [-0.2, 0) is 0 Å². The minimum atomic E-state index is 0.611. The number of hydrogen-bond acceptors (Lipinski definition) is 2. The Bertz CT molecular complexity index is 240. The van der Waals surface area contributed by atoms with Crippen molar-refractivity contribution < 1.29 is 0 Å². The summed E-state index contributed by atoms with van der Waals surface area (Å²) in [5, 5.41) is 8.71. The molecular formula is C10H12N2. The van der Waals surface area contributed by atoms with Crippen molar-refractivity contribution in [2.45, 2.75) is 24.9 Å². The van der Waals surface area contributed by atoms with Crippen LogP contribution in [0.2, 0.25) is 0 Å². The summed E-state index contributed by atoms with van der Waals surface area (Å²) in [5.41, 5.74) is 0. The summed E-state index contributed by atoms with van der Waals surface area (Å²) in [6, 6.07) is 1.22. The fraction of sp³-hybridized carbons (Fsp3) is 0.800. The average molecular weight is 160 g/mol. The fourth-order valence-corrected chi connectivity index (χ4v) is 3.96. The minimum Gasteiger partial charge on any atom is -0.190 e. The lowest BCUT2D eigenvalue weighted by Crippen LogP contribution is -2.27. The number of nitrogens with zero attached hydrogens (tertiary/aromatic N) is 2. The molecule has 4 rings (SSSR count). The van der Waals surface area contributed by atoms with E-state index in [4.69, 9.17) is 0 Å². The first-order chi connectivity index (χ1) is 5.93. The summed E-state index contributed by atoms with van der Waals surface area (Å²) in [4.78, 5) is 0. The maximum absolute atomic E-state index is 4.36. The van der Waals surface area contributed by atoms with Crippen LogP contribution >= 0.6 is 0 Å². The first-order valence-electron chi connectivity index (χ1n) is 5.02. The van der Waals surface area contributed by atoms with E-state index < -0.39 is 0 Å². The number of hydrogen-bond donors (Lipinski definition) is 0. The molecule has 2 saturated carbocycles. The summed E-state index contributed by atoms with van der Waals surface area (Å²) in [6.45, 7) is 0. The lowest BCUT2D eigenvalue weighted by Gasteiger charge is -2.26. The predicted octanol–water partition coefficient (Wildman–Crippen LogP) is 2.03. The zero-order valence-electron chi connectivity index (χ0n) is 6.93. The van der Waals surface area contributed by atoms with Gasteiger partial charge >= 0.3 is 0 Å². The lowest BCUT2D eigenvalue weighted by atomic mass is 9.82. The normalized spacial score (nSPS) is 63.3. The molecular weight excluding hydrogens is 148 g/mol. The van der Waals surface area contributed by atoms with E-state index in [-0.39, 0.29) is 0 Å². The molecule has 0 radical (unpaired) electrons. The predicted molar refractivity (Wildman–Crippen MR) is 44.8 cm³/mol. The van der Waals surface area contributed by atoms with Gasteiger partial charge in [0, 0.05) is 0 Å². The van der Waals surface area contributed by atoms with Crippen LogP contribution < -0.4 is 0 Å². The zero-order valence-corrected chi connectivity index (χ0v) is 6.93. The van der Waals surface area contributed by atoms with E-state index in [9.17, 15) is 0 Å². The van der Waals surface area contributed by atoms with Gasteiger partial charge in [-0.05, 0) is 36.5 Å². The van der Waals surface area contributed by atoms with Crippen molar-refractivity contribution in [3.8, 4) is 0 Å². The summed E-state index contributed by atoms with van der Waals surface area (Å²) >= 11 is 0. The van der Waals surface area contributed by atoms with Crippen LogP contribution in [0, 0.1) is 23.7 Å². The van der Waals surface area contributed by atoms with Gasteiger partial charge in [-0.25, -0.2) is 0 Å². The fourth-order valence-electron chi connectivity index (χ4n) is 3.96.